The summed E-state index contributed by atoms with van der Waals surface area (Å²) < 4.78 is 101. The smallest absolute Gasteiger partial charge is 0.300 e. The van der Waals surface area contributed by atoms with E-state index in [4.69, 9.17) is 15.2 Å². The molecule has 2 aromatic carbocycles. The van der Waals surface area contributed by atoms with E-state index in [1.807, 2.05) is 22.6 Å². The first-order valence-electron chi connectivity index (χ1n) is 12.1. The van der Waals surface area contributed by atoms with Crippen molar-refractivity contribution in [2.45, 2.75) is 31.9 Å². The van der Waals surface area contributed by atoms with Crippen molar-refractivity contribution in [3.8, 4) is 0 Å². The third kappa shape index (κ3) is 7.58. The highest BCUT2D eigenvalue weighted by molar-refractivity contribution is 14.1. The highest BCUT2D eigenvalue weighted by Gasteiger charge is 2.24. The average molecular weight is 695 g/mol. The maximum atomic E-state index is 15.3. The first-order valence-corrected chi connectivity index (χ1v) is 14.6. The lowest BCUT2D eigenvalue weighted by Gasteiger charge is -2.23. The minimum absolute atomic E-state index is 0.0908. The molecule has 0 amide bonds. The molecule has 1 aromatic heterocycles. The number of hydrogen-bond donors (Lipinski definition) is 4. The third-order valence-corrected chi connectivity index (χ3v) is 7.83. The quantitative estimate of drug-likeness (QED) is 0.133. The van der Waals surface area contributed by atoms with Crippen LogP contribution >= 0.6 is 22.6 Å². The van der Waals surface area contributed by atoms with Gasteiger partial charge in [0.2, 0.25) is 0 Å². The first-order chi connectivity index (χ1) is 19.1. The largest absolute Gasteiger partial charge is 0.381 e. The van der Waals surface area contributed by atoms with Gasteiger partial charge in [0.15, 0.2) is 23.3 Å². The van der Waals surface area contributed by atoms with E-state index in [0.29, 0.717) is 29.6 Å². The Morgan fingerprint density at radius 1 is 1.02 bits per heavy atom. The molecule has 9 nitrogen and oxygen atoms in total. The monoisotopic (exact) mass is 695 g/mol. The lowest BCUT2D eigenvalue weighted by atomic mass is 10.0. The van der Waals surface area contributed by atoms with E-state index >= 15 is 13.2 Å². The molecule has 1 aliphatic rings. The third-order valence-electron chi connectivity index (χ3n) is 6.05. The van der Waals surface area contributed by atoms with E-state index in [9.17, 15) is 12.8 Å². The normalized spacial score (nSPS) is 14.3. The van der Waals surface area contributed by atoms with Crippen molar-refractivity contribution in [2.75, 3.05) is 30.0 Å². The van der Waals surface area contributed by atoms with Crippen molar-refractivity contribution in [2.24, 2.45) is 5.73 Å². The number of ether oxygens (including phenoxy) is 2. The number of nitrogens with two attached hydrogens (primary N) is 1. The number of nitrogens with one attached hydrogen (secondary N) is 3. The van der Waals surface area contributed by atoms with Crippen LogP contribution in [-0.2, 0) is 32.7 Å². The van der Waals surface area contributed by atoms with Crippen LogP contribution in [0.4, 0.5) is 34.8 Å². The topological polar surface area (TPSA) is 128 Å². The average Bonchev–Trinajstić information content (AvgIpc) is 2.91. The zero-order valence-corrected chi connectivity index (χ0v) is 23.9. The van der Waals surface area contributed by atoms with Gasteiger partial charge in [0, 0.05) is 41.0 Å². The molecule has 15 heteroatoms. The summed E-state index contributed by atoms with van der Waals surface area (Å²) in [5.74, 6) is -4.96. The van der Waals surface area contributed by atoms with Gasteiger partial charge in [-0.15, -0.1) is 0 Å². The minimum atomic E-state index is -4.18. The summed E-state index contributed by atoms with van der Waals surface area (Å²) in [5.41, 5.74) is 4.66. The van der Waals surface area contributed by atoms with Gasteiger partial charge < -0.3 is 20.5 Å². The summed E-state index contributed by atoms with van der Waals surface area (Å²) in [7, 11) is -4.18. The van der Waals surface area contributed by atoms with Gasteiger partial charge >= 0.3 is 10.2 Å². The molecule has 0 spiro atoms. The maximum absolute atomic E-state index is 15.3. The lowest BCUT2D eigenvalue weighted by molar-refractivity contribution is 0.0832. The predicted octanol–water partition coefficient (Wildman–Crippen LogP) is 4.44. The van der Waals surface area contributed by atoms with Gasteiger partial charge in [-0.2, -0.15) is 13.1 Å². The van der Waals surface area contributed by atoms with Gasteiger partial charge in [-0.1, -0.05) is 0 Å². The summed E-state index contributed by atoms with van der Waals surface area (Å²) >= 11 is 1.91. The van der Waals surface area contributed by atoms with Gasteiger partial charge in [-0.3, -0.25) is 4.72 Å². The van der Waals surface area contributed by atoms with Crippen molar-refractivity contribution in [3.05, 3.63) is 80.1 Å². The second-order valence-electron chi connectivity index (χ2n) is 8.88. The van der Waals surface area contributed by atoms with E-state index in [1.165, 1.54) is 24.3 Å². The summed E-state index contributed by atoms with van der Waals surface area (Å²) in [5, 5.41) is 2.57. The van der Waals surface area contributed by atoms with Crippen molar-refractivity contribution in [1.29, 1.82) is 0 Å². The summed E-state index contributed by atoms with van der Waals surface area (Å²) in [4.78, 5) is 3.75. The molecule has 40 heavy (non-hydrogen) atoms. The van der Waals surface area contributed by atoms with E-state index < -0.39 is 45.7 Å². The molecule has 1 saturated heterocycles. The molecular weight excluding hydrogens is 669 g/mol. The minimum Gasteiger partial charge on any atom is -0.381 e. The van der Waals surface area contributed by atoms with E-state index in [0.717, 1.165) is 6.20 Å². The molecule has 4 rings (SSSR count). The molecule has 0 bridgehead atoms. The van der Waals surface area contributed by atoms with Gasteiger partial charge in [0.25, 0.3) is 0 Å². The Hall–Kier alpha value is -2.57. The van der Waals surface area contributed by atoms with Crippen molar-refractivity contribution in [3.63, 3.8) is 0 Å². The van der Waals surface area contributed by atoms with Gasteiger partial charge in [-0.05, 0) is 76.9 Å². The van der Waals surface area contributed by atoms with Crippen LogP contribution in [0.15, 0.2) is 36.5 Å². The number of aromatic nitrogens is 1. The fourth-order valence-corrected chi connectivity index (χ4v) is 5.68. The molecule has 0 radical (unpaired) electrons. The van der Waals surface area contributed by atoms with Crippen molar-refractivity contribution >= 4 is 50.0 Å². The van der Waals surface area contributed by atoms with Crippen molar-refractivity contribution in [1.82, 2.24) is 9.71 Å². The van der Waals surface area contributed by atoms with Crippen LogP contribution in [0.5, 0.6) is 0 Å². The Balaban J connectivity index is 1.61. The zero-order valence-electron chi connectivity index (χ0n) is 20.9. The fourth-order valence-electron chi connectivity index (χ4n) is 4.10. The molecule has 216 valence electrons. The number of hydrogen-bond acceptors (Lipinski definition) is 7. The number of anilines is 3. The van der Waals surface area contributed by atoms with Gasteiger partial charge in [0.1, 0.15) is 5.82 Å². The van der Waals surface area contributed by atoms with Gasteiger partial charge in [-0.25, -0.2) is 22.5 Å². The zero-order chi connectivity index (χ0) is 28.9. The summed E-state index contributed by atoms with van der Waals surface area (Å²) in [6, 6.07) is 6.27. The molecule has 0 aliphatic carbocycles. The van der Waals surface area contributed by atoms with E-state index in [-0.39, 0.29) is 47.4 Å². The summed E-state index contributed by atoms with van der Waals surface area (Å²) in [6.07, 6.45) is 1.61. The van der Waals surface area contributed by atoms with E-state index in [1.54, 1.807) is 6.07 Å². The number of pyridine rings is 1. The molecule has 0 saturated carbocycles. The van der Waals surface area contributed by atoms with Gasteiger partial charge in [0.05, 0.1) is 24.7 Å². The van der Waals surface area contributed by atoms with Crippen LogP contribution in [0.3, 0.4) is 0 Å². The highest BCUT2D eigenvalue weighted by atomic mass is 127. The molecule has 0 atom stereocenters. The van der Waals surface area contributed by atoms with Crippen LogP contribution in [0.25, 0.3) is 0 Å². The highest BCUT2D eigenvalue weighted by Crippen LogP contribution is 2.32. The molecular formula is C25H26F4IN5O4S. The molecule has 2 heterocycles. The Kier molecular flexibility index (Phi) is 10.2. The second-order valence-corrected chi connectivity index (χ2v) is 11.6. The Bertz CT molecular complexity index is 1480. The second kappa shape index (κ2) is 13.4. The molecule has 0 unspecified atom stereocenters. The molecule has 3 aromatic rings. The predicted molar refractivity (Wildman–Crippen MR) is 149 cm³/mol. The van der Waals surface area contributed by atoms with Crippen LogP contribution in [0.1, 0.15) is 29.5 Å². The maximum Gasteiger partial charge on any atom is 0.300 e. The standard InChI is InChI=1S/C25H26F4IN5O4S/c26-19-11-17(30)1-2-20(19)33-24-16(12-39-13-31)10-15(21(27)23(24)29)9-14-3-6-32-25(22(14)28)35-40(36,37)34-18-4-7-38-8-5-18/h1-3,6,10-11,18,33-34H,4-5,7-9,12-13,31H2,(H,32,35). The Morgan fingerprint density at radius 2 is 1.77 bits per heavy atom. The number of halogens is 5. The van der Waals surface area contributed by atoms with Crippen LogP contribution in [0, 0.1) is 26.8 Å². The molecule has 1 aliphatic heterocycles. The number of benzene rings is 2. The SMILES string of the molecule is NCOCc1cc(Cc2ccnc(NS(=O)(=O)NC3CCOCC3)c2F)c(F)c(F)c1Nc1ccc(I)cc1F. The Morgan fingerprint density at radius 3 is 2.48 bits per heavy atom. The first kappa shape index (κ1) is 30.4. The van der Waals surface area contributed by atoms with E-state index in [2.05, 4.69) is 19.7 Å². The number of nitrogens with zero attached hydrogens (tertiary/aromatic N) is 1. The molecule has 5 N–H and O–H groups in total. The number of rotatable bonds is 11. The molecule has 1 fully saturated rings. The van der Waals surface area contributed by atoms with Crippen molar-refractivity contribution < 1.29 is 35.5 Å². The fraction of sp³-hybridized carbons (Fsp3) is 0.320. The lowest BCUT2D eigenvalue weighted by Crippen LogP contribution is -2.42. The van der Waals surface area contributed by atoms with Crippen LogP contribution < -0.4 is 20.5 Å². The van der Waals surface area contributed by atoms with Crippen LogP contribution in [0.2, 0.25) is 0 Å². The van der Waals surface area contributed by atoms with Crippen LogP contribution in [-0.4, -0.2) is 39.4 Å². The Labute approximate surface area is 242 Å². The summed E-state index contributed by atoms with van der Waals surface area (Å²) in [6.45, 7) is 0.306.